The van der Waals surface area contributed by atoms with Gasteiger partial charge in [0.25, 0.3) is 5.91 Å². The highest BCUT2D eigenvalue weighted by Gasteiger charge is 2.07. The summed E-state index contributed by atoms with van der Waals surface area (Å²) in [6.45, 7) is 5.05. The first-order valence-corrected chi connectivity index (χ1v) is 7.12. The zero-order valence-electron chi connectivity index (χ0n) is 12.4. The van der Waals surface area contributed by atoms with Gasteiger partial charge in [0.1, 0.15) is 5.75 Å². The Morgan fingerprint density at radius 3 is 2.81 bits per heavy atom. The molecule has 0 bridgehead atoms. The summed E-state index contributed by atoms with van der Waals surface area (Å²) in [5.41, 5.74) is 2.38. The van der Waals surface area contributed by atoms with Gasteiger partial charge in [0, 0.05) is 11.3 Å². The van der Waals surface area contributed by atoms with Crippen LogP contribution in [0.4, 0.5) is 0 Å². The molecule has 4 heteroatoms. The minimum absolute atomic E-state index is 0.125. The van der Waals surface area contributed by atoms with Crippen LogP contribution in [0.1, 0.15) is 35.1 Å². The predicted molar refractivity (Wildman–Crippen MR) is 82.4 cm³/mol. The van der Waals surface area contributed by atoms with Crippen molar-refractivity contribution in [2.24, 2.45) is 0 Å². The fourth-order valence-electron chi connectivity index (χ4n) is 1.92. The summed E-state index contributed by atoms with van der Waals surface area (Å²) in [6, 6.07) is 13.0. The second-order valence-electron chi connectivity index (χ2n) is 4.83. The lowest BCUT2D eigenvalue weighted by atomic mass is 10.2. The van der Waals surface area contributed by atoms with E-state index in [-0.39, 0.29) is 5.91 Å². The number of aromatic nitrogens is 1. The zero-order valence-corrected chi connectivity index (χ0v) is 12.4. The van der Waals surface area contributed by atoms with Crippen molar-refractivity contribution in [3.05, 3.63) is 59.4 Å². The van der Waals surface area contributed by atoms with Crippen molar-refractivity contribution in [1.29, 1.82) is 0 Å². The molecule has 0 aliphatic rings. The minimum Gasteiger partial charge on any atom is -0.494 e. The largest absolute Gasteiger partial charge is 0.494 e. The molecule has 0 radical (unpaired) electrons. The highest BCUT2D eigenvalue weighted by atomic mass is 16.5. The first-order chi connectivity index (χ1) is 10.2. The predicted octanol–water partition coefficient (Wildman–Crippen LogP) is 3.11. The number of benzene rings is 1. The highest BCUT2D eigenvalue weighted by Crippen LogP contribution is 2.13. The van der Waals surface area contributed by atoms with Crippen LogP contribution in [0.2, 0.25) is 0 Å². The van der Waals surface area contributed by atoms with Crippen molar-refractivity contribution in [1.82, 2.24) is 10.3 Å². The first kappa shape index (κ1) is 15.0. The number of hydrogen-bond donors (Lipinski definition) is 1. The molecular formula is C17H20N2O2. The summed E-state index contributed by atoms with van der Waals surface area (Å²) in [5.74, 6) is 0.596. The normalized spacial score (nSPS) is 10.2. The molecule has 1 aromatic heterocycles. The van der Waals surface area contributed by atoms with Gasteiger partial charge in [0.2, 0.25) is 0 Å². The number of nitrogens with one attached hydrogen (secondary N) is 1. The van der Waals surface area contributed by atoms with Gasteiger partial charge in [0.05, 0.1) is 18.8 Å². The third-order valence-corrected chi connectivity index (χ3v) is 2.95. The smallest absolute Gasteiger partial charge is 0.251 e. The van der Waals surface area contributed by atoms with Crippen LogP contribution in [-0.2, 0) is 6.54 Å². The number of nitrogens with zero attached hydrogens (tertiary/aromatic N) is 1. The molecule has 2 aromatic rings. The molecule has 21 heavy (non-hydrogen) atoms. The maximum absolute atomic E-state index is 12.1. The van der Waals surface area contributed by atoms with Crippen LogP contribution >= 0.6 is 0 Å². The van der Waals surface area contributed by atoms with Gasteiger partial charge in [-0.1, -0.05) is 19.1 Å². The monoisotopic (exact) mass is 284 g/mol. The Morgan fingerprint density at radius 1 is 1.24 bits per heavy atom. The van der Waals surface area contributed by atoms with Crippen molar-refractivity contribution in [2.75, 3.05) is 6.61 Å². The Bertz CT molecular complexity index is 611. The van der Waals surface area contributed by atoms with E-state index in [4.69, 9.17) is 4.74 Å². The van der Waals surface area contributed by atoms with Gasteiger partial charge in [-0.15, -0.1) is 0 Å². The van der Waals surface area contributed by atoms with Crippen LogP contribution in [0.25, 0.3) is 0 Å². The van der Waals surface area contributed by atoms with E-state index in [1.807, 2.05) is 44.2 Å². The molecule has 0 aliphatic heterocycles. The molecule has 1 aromatic carbocycles. The van der Waals surface area contributed by atoms with Gasteiger partial charge in [-0.05, 0) is 43.7 Å². The fourth-order valence-corrected chi connectivity index (χ4v) is 1.92. The number of carbonyl (C=O) groups excluding carboxylic acids is 1. The summed E-state index contributed by atoms with van der Waals surface area (Å²) in [7, 11) is 0. The summed E-state index contributed by atoms with van der Waals surface area (Å²) < 4.78 is 5.53. The standard InChI is InChI=1S/C17H20N2O2/c1-3-10-21-16-9-5-7-14(11-16)17(20)18-12-15-8-4-6-13(2)19-15/h4-9,11H,3,10,12H2,1-2H3,(H,18,20). The molecule has 1 N–H and O–H groups in total. The second-order valence-corrected chi connectivity index (χ2v) is 4.83. The van der Waals surface area contributed by atoms with Crippen molar-refractivity contribution >= 4 is 5.91 Å². The van der Waals surface area contributed by atoms with Gasteiger partial charge < -0.3 is 10.1 Å². The van der Waals surface area contributed by atoms with Gasteiger partial charge in [0.15, 0.2) is 0 Å². The van der Waals surface area contributed by atoms with Crippen LogP contribution in [-0.4, -0.2) is 17.5 Å². The maximum Gasteiger partial charge on any atom is 0.251 e. The lowest BCUT2D eigenvalue weighted by Gasteiger charge is -2.08. The fraction of sp³-hybridized carbons (Fsp3) is 0.294. The minimum atomic E-state index is -0.125. The molecule has 2 rings (SSSR count). The Balaban J connectivity index is 1.96. The number of pyridine rings is 1. The van der Waals surface area contributed by atoms with E-state index in [2.05, 4.69) is 10.3 Å². The lowest BCUT2D eigenvalue weighted by molar-refractivity contribution is 0.0950. The third kappa shape index (κ3) is 4.60. The lowest BCUT2D eigenvalue weighted by Crippen LogP contribution is -2.23. The number of hydrogen-bond acceptors (Lipinski definition) is 3. The zero-order chi connectivity index (χ0) is 15.1. The second kappa shape index (κ2) is 7.43. The molecule has 0 atom stereocenters. The molecule has 0 fully saturated rings. The van der Waals surface area contributed by atoms with E-state index < -0.39 is 0 Å². The molecule has 1 heterocycles. The SMILES string of the molecule is CCCOc1cccc(C(=O)NCc2cccc(C)n2)c1. The van der Waals surface area contributed by atoms with Gasteiger partial charge in [-0.25, -0.2) is 0 Å². The topological polar surface area (TPSA) is 51.2 Å². The molecule has 0 unspecified atom stereocenters. The number of amides is 1. The van der Waals surface area contributed by atoms with E-state index in [1.165, 1.54) is 0 Å². The molecule has 0 saturated carbocycles. The molecule has 110 valence electrons. The average molecular weight is 284 g/mol. The Labute approximate surface area is 125 Å². The molecular weight excluding hydrogens is 264 g/mol. The Kier molecular flexibility index (Phi) is 5.32. The third-order valence-electron chi connectivity index (χ3n) is 2.95. The van der Waals surface area contributed by atoms with Crippen LogP contribution in [0, 0.1) is 6.92 Å². The maximum atomic E-state index is 12.1. The molecule has 1 amide bonds. The number of carbonyl (C=O) groups is 1. The van der Waals surface area contributed by atoms with Gasteiger partial charge in [-0.2, -0.15) is 0 Å². The van der Waals surface area contributed by atoms with Crippen molar-refractivity contribution < 1.29 is 9.53 Å². The van der Waals surface area contributed by atoms with Crippen molar-refractivity contribution in [2.45, 2.75) is 26.8 Å². The van der Waals surface area contributed by atoms with Gasteiger partial charge >= 0.3 is 0 Å². The first-order valence-electron chi connectivity index (χ1n) is 7.12. The van der Waals surface area contributed by atoms with Crippen molar-refractivity contribution in [3.63, 3.8) is 0 Å². The van der Waals surface area contributed by atoms with Crippen LogP contribution in [0.5, 0.6) is 5.75 Å². The van der Waals surface area contributed by atoms with E-state index in [0.717, 1.165) is 23.6 Å². The van der Waals surface area contributed by atoms with E-state index >= 15 is 0 Å². The molecule has 4 nitrogen and oxygen atoms in total. The number of rotatable bonds is 6. The molecule has 0 aliphatic carbocycles. The quantitative estimate of drug-likeness (QED) is 0.886. The number of aryl methyl sites for hydroxylation is 1. The Hall–Kier alpha value is -2.36. The van der Waals surface area contributed by atoms with Gasteiger partial charge in [-0.3, -0.25) is 9.78 Å². The summed E-state index contributed by atoms with van der Waals surface area (Å²) in [4.78, 5) is 16.5. The molecule has 0 saturated heterocycles. The summed E-state index contributed by atoms with van der Waals surface area (Å²) in [5, 5.41) is 2.87. The van der Waals surface area contributed by atoms with E-state index in [1.54, 1.807) is 12.1 Å². The van der Waals surface area contributed by atoms with Crippen molar-refractivity contribution in [3.8, 4) is 5.75 Å². The summed E-state index contributed by atoms with van der Waals surface area (Å²) >= 11 is 0. The molecule has 0 spiro atoms. The Morgan fingerprint density at radius 2 is 2.05 bits per heavy atom. The van der Waals surface area contributed by atoms with Crippen LogP contribution in [0.3, 0.4) is 0 Å². The van der Waals surface area contributed by atoms with E-state index in [9.17, 15) is 4.79 Å². The van der Waals surface area contributed by atoms with Crippen LogP contribution in [0.15, 0.2) is 42.5 Å². The highest BCUT2D eigenvalue weighted by molar-refractivity contribution is 5.94. The summed E-state index contributed by atoms with van der Waals surface area (Å²) in [6.07, 6.45) is 0.940. The number of ether oxygens (including phenoxy) is 1. The average Bonchev–Trinajstić information content (AvgIpc) is 2.51. The van der Waals surface area contributed by atoms with E-state index in [0.29, 0.717) is 18.7 Å². The van der Waals surface area contributed by atoms with Crippen LogP contribution < -0.4 is 10.1 Å².